The van der Waals surface area contributed by atoms with Crippen molar-refractivity contribution in [2.45, 2.75) is 44.2 Å². The van der Waals surface area contributed by atoms with Crippen LogP contribution in [0.25, 0.3) is 0 Å². The zero-order valence-corrected chi connectivity index (χ0v) is 12.3. The molecule has 0 aromatic heterocycles. The van der Waals surface area contributed by atoms with Crippen LogP contribution in [0.2, 0.25) is 0 Å². The molecule has 0 saturated heterocycles. The minimum atomic E-state index is -0.870. The number of carbonyl (C=O) groups is 1. The van der Waals surface area contributed by atoms with Gasteiger partial charge in [-0.1, -0.05) is 25.1 Å². The summed E-state index contributed by atoms with van der Waals surface area (Å²) < 4.78 is 6.00. The topological polar surface area (TPSA) is 78.8 Å². The molecular formula is C16H23NO4. The number of nitrogens with one attached hydrogen (secondary N) is 1. The van der Waals surface area contributed by atoms with Crippen LogP contribution in [-0.4, -0.2) is 41.0 Å². The molecule has 5 heteroatoms. The second-order valence-electron chi connectivity index (χ2n) is 5.48. The van der Waals surface area contributed by atoms with Crippen molar-refractivity contribution in [3.63, 3.8) is 0 Å². The van der Waals surface area contributed by atoms with Crippen molar-refractivity contribution < 1.29 is 19.7 Å². The van der Waals surface area contributed by atoms with E-state index in [0.717, 1.165) is 11.3 Å². The summed E-state index contributed by atoms with van der Waals surface area (Å²) in [6.45, 7) is 2.61. The van der Waals surface area contributed by atoms with Crippen molar-refractivity contribution in [2.24, 2.45) is 0 Å². The van der Waals surface area contributed by atoms with Gasteiger partial charge >= 0.3 is 5.97 Å². The summed E-state index contributed by atoms with van der Waals surface area (Å²) in [5.41, 5.74) is 0.0852. The molecule has 0 amide bonds. The summed E-state index contributed by atoms with van der Waals surface area (Å²) in [4.78, 5) is 11.5. The number of hydrogen-bond donors (Lipinski definition) is 3. The lowest BCUT2D eigenvalue weighted by Crippen LogP contribution is -2.50. The number of carboxylic acids is 1. The number of aliphatic hydroxyl groups is 1. The number of carboxylic acid groups (broad SMARTS) is 1. The van der Waals surface area contributed by atoms with Gasteiger partial charge in [0, 0.05) is 13.0 Å². The molecule has 2 atom stereocenters. The smallest absolute Gasteiger partial charge is 0.324 e. The predicted molar refractivity (Wildman–Crippen MR) is 79.5 cm³/mol. The first-order chi connectivity index (χ1) is 10.1. The number of para-hydroxylation sites is 1. The van der Waals surface area contributed by atoms with Crippen LogP contribution >= 0.6 is 0 Å². The average molecular weight is 293 g/mol. The Morgan fingerprint density at radius 1 is 1.48 bits per heavy atom. The van der Waals surface area contributed by atoms with Crippen LogP contribution in [0, 0.1) is 0 Å². The number of aliphatic hydroxyl groups excluding tert-OH is 1. The Bertz CT molecular complexity index is 491. The fourth-order valence-corrected chi connectivity index (χ4v) is 2.99. The maximum atomic E-state index is 11.5. The highest BCUT2D eigenvalue weighted by Crippen LogP contribution is 2.34. The van der Waals surface area contributed by atoms with Crippen LogP contribution in [0.1, 0.15) is 31.7 Å². The quantitative estimate of drug-likeness (QED) is 0.711. The van der Waals surface area contributed by atoms with Gasteiger partial charge in [0.05, 0.1) is 0 Å². The maximum Gasteiger partial charge on any atom is 0.324 e. The lowest BCUT2D eigenvalue weighted by atomic mass is 9.98. The Morgan fingerprint density at radius 2 is 2.24 bits per heavy atom. The van der Waals surface area contributed by atoms with E-state index in [0.29, 0.717) is 32.2 Å². The lowest BCUT2D eigenvalue weighted by molar-refractivity contribution is -0.144. The second kappa shape index (κ2) is 6.91. The first-order valence-corrected chi connectivity index (χ1v) is 7.45. The Balaban J connectivity index is 2.07. The van der Waals surface area contributed by atoms with Gasteiger partial charge in [-0.15, -0.1) is 0 Å². The van der Waals surface area contributed by atoms with Crippen molar-refractivity contribution >= 4 is 5.97 Å². The molecular weight excluding hydrogens is 270 g/mol. The Morgan fingerprint density at radius 3 is 2.90 bits per heavy atom. The van der Waals surface area contributed by atoms with Crippen molar-refractivity contribution in [3.8, 4) is 5.75 Å². The van der Waals surface area contributed by atoms with Crippen LogP contribution < -0.4 is 10.1 Å². The molecule has 116 valence electrons. The van der Waals surface area contributed by atoms with E-state index in [4.69, 9.17) is 9.84 Å². The van der Waals surface area contributed by atoms with Gasteiger partial charge in [0.2, 0.25) is 0 Å². The molecule has 1 saturated carbocycles. The van der Waals surface area contributed by atoms with Gasteiger partial charge in [0.15, 0.2) is 0 Å². The normalized spacial score (nSPS) is 25.0. The molecule has 0 spiro atoms. The number of aliphatic carboxylic acids is 1. The molecule has 2 unspecified atom stereocenters. The Hall–Kier alpha value is -1.59. The average Bonchev–Trinajstić information content (AvgIpc) is 2.86. The zero-order chi connectivity index (χ0) is 15.3. The second-order valence-corrected chi connectivity index (χ2v) is 5.48. The first-order valence-electron chi connectivity index (χ1n) is 7.45. The van der Waals surface area contributed by atoms with E-state index >= 15 is 0 Å². The molecule has 1 aliphatic carbocycles. The van der Waals surface area contributed by atoms with E-state index in [-0.39, 0.29) is 12.7 Å². The molecule has 0 heterocycles. The van der Waals surface area contributed by atoms with E-state index in [2.05, 4.69) is 5.32 Å². The summed E-state index contributed by atoms with van der Waals surface area (Å²) in [7, 11) is 0. The van der Waals surface area contributed by atoms with Crippen molar-refractivity contribution in [2.75, 3.05) is 13.2 Å². The first kappa shape index (κ1) is 15.8. The number of ether oxygens (including phenoxy) is 1. The fourth-order valence-electron chi connectivity index (χ4n) is 2.99. The molecule has 0 aliphatic heterocycles. The Kier molecular flexibility index (Phi) is 5.20. The van der Waals surface area contributed by atoms with Crippen molar-refractivity contribution in [3.05, 3.63) is 29.8 Å². The summed E-state index contributed by atoms with van der Waals surface area (Å²) in [6.07, 6.45) is 2.18. The monoisotopic (exact) mass is 293 g/mol. The van der Waals surface area contributed by atoms with E-state index in [1.165, 1.54) is 0 Å². The van der Waals surface area contributed by atoms with E-state index in [9.17, 15) is 9.90 Å². The van der Waals surface area contributed by atoms with E-state index in [1.807, 2.05) is 31.2 Å². The van der Waals surface area contributed by atoms with E-state index < -0.39 is 11.5 Å². The molecule has 0 bridgehead atoms. The zero-order valence-electron chi connectivity index (χ0n) is 12.3. The maximum absolute atomic E-state index is 11.5. The van der Waals surface area contributed by atoms with Crippen LogP contribution in [0.3, 0.4) is 0 Å². The van der Waals surface area contributed by atoms with Gasteiger partial charge in [0.25, 0.3) is 0 Å². The standard InChI is InChI=1S/C16H23NO4/c1-2-17-16(15(19)20)9-7-13(11-16)21-14-6-4-3-5-12(14)8-10-18/h3-6,13,17-18H,2,7-11H2,1H3,(H,19,20). The molecule has 2 rings (SSSR count). The van der Waals surface area contributed by atoms with Crippen LogP contribution in [0.15, 0.2) is 24.3 Å². The fraction of sp³-hybridized carbons (Fsp3) is 0.562. The van der Waals surface area contributed by atoms with Gasteiger partial charge in [-0.05, 0) is 37.4 Å². The molecule has 0 radical (unpaired) electrons. The number of hydrogen-bond acceptors (Lipinski definition) is 4. The highest BCUT2D eigenvalue weighted by atomic mass is 16.5. The summed E-state index contributed by atoms with van der Waals surface area (Å²) >= 11 is 0. The summed E-state index contributed by atoms with van der Waals surface area (Å²) in [5, 5.41) is 21.6. The summed E-state index contributed by atoms with van der Waals surface area (Å²) in [6, 6.07) is 7.60. The number of likely N-dealkylation sites (N-methyl/N-ethyl adjacent to an activating group) is 1. The van der Waals surface area contributed by atoms with Crippen LogP contribution in [0.4, 0.5) is 0 Å². The van der Waals surface area contributed by atoms with Gasteiger partial charge in [-0.25, -0.2) is 0 Å². The molecule has 1 aliphatic rings. The minimum absolute atomic E-state index is 0.0709. The van der Waals surface area contributed by atoms with Gasteiger partial charge < -0.3 is 20.3 Å². The predicted octanol–water partition coefficient (Wildman–Crippen LogP) is 1.59. The van der Waals surface area contributed by atoms with Gasteiger partial charge in [-0.2, -0.15) is 0 Å². The Labute approximate surface area is 124 Å². The highest BCUT2D eigenvalue weighted by molar-refractivity contribution is 5.79. The number of benzene rings is 1. The molecule has 21 heavy (non-hydrogen) atoms. The summed E-state index contributed by atoms with van der Waals surface area (Å²) in [5.74, 6) is -0.0617. The molecule has 5 nitrogen and oxygen atoms in total. The lowest BCUT2D eigenvalue weighted by Gasteiger charge is -2.25. The number of rotatable bonds is 7. The van der Waals surface area contributed by atoms with Gasteiger partial charge in [-0.3, -0.25) is 4.79 Å². The van der Waals surface area contributed by atoms with E-state index in [1.54, 1.807) is 0 Å². The third-order valence-electron chi connectivity index (χ3n) is 4.04. The third kappa shape index (κ3) is 3.54. The highest BCUT2D eigenvalue weighted by Gasteiger charge is 2.45. The SMILES string of the molecule is CCNC1(C(=O)O)CCC(Oc2ccccc2CCO)C1. The molecule has 1 aromatic rings. The van der Waals surface area contributed by atoms with Gasteiger partial charge in [0.1, 0.15) is 17.4 Å². The van der Waals surface area contributed by atoms with Crippen molar-refractivity contribution in [1.82, 2.24) is 5.32 Å². The molecule has 1 aromatic carbocycles. The largest absolute Gasteiger partial charge is 0.490 e. The van der Waals surface area contributed by atoms with Crippen molar-refractivity contribution in [1.29, 1.82) is 0 Å². The van der Waals surface area contributed by atoms with Crippen LogP contribution in [0.5, 0.6) is 5.75 Å². The molecule has 3 N–H and O–H groups in total. The minimum Gasteiger partial charge on any atom is -0.490 e. The third-order valence-corrected chi connectivity index (χ3v) is 4.04. The van der Waals surface area contributed by atoms with Crippen LogP contribution in [-0.2, 0) is 11.2 Å². The molecule has 1 fully saturated rings.